The predicted molar refractivity (Wildman–Crippen MR) is 52.6 cm³/mol. The number of nitrogens with zero attached hydrogens (tertiary/aromatic N) is 3. The van der Waals surface area contributed by atoms with Crippen molar-refractivity contribution >= 4 is 5.95 Å². The molecular formula is C8H14N4O3. The molecule has 0 aliphatic rings. The van der Waals surface area contributed by atoms with E-state index in [9.17, 15) is 0 Å². The van der Waals surface area contributed by atoms with Gasteiger partial charge in [0.15, 0.2) is 0 Å². The molecule has 7 nitrogen and oxygen atoms in total. The number of hydrogen-bond acceptors (Lipinski definition) is 7. The third-order valence-corrected chi connectivity index (χ3v) is 1.42. The Balaban J connectivity index is 2.62. The average molecular weight is 214 g/mol. The van der Waals surface area contributed by atoms with Crippen LogP contribution in [0.3, 0.4) is 0 Å². The van der Waals surface area contributed by atoms with Crippen LogP contribution in [0.15, 0.2) is 0 Å². The minimum atomic E-state index is 0.0486. The number of aliphatic hydroxyl groups excluding tert-OH is 1. The van der Waals surface area contributed by atoms with Gasteiger partial charge in [-0.2, -0.15) is 9.97 Å². The normalized spacial score (nSPS) is 10.0. The van der Waals surface area contributed by atoms with E-state index >= 15 is 0 Å². The van der Waals surface area contributed by atoms with E-state index in [-0.39, 0.29) is 24.6 Å². The zero-order chi connectivity index (χ0) is 11.1. The summed E-state index contributed by atoms with van der Waals surface area (Å²) in [5, 5.41) is 8.56. The first-order valence-electron chi connectivity index (χ1n) is 4.64. The second-order valence-electron chi connectivity index (χ2n) is 2.62. The van der Waals surface area contributed by atoms with Crippen molar-refractivity contribution in [3.8, 4) is 12.0 Å². The molecular weight excluding hydrogens is 200 g/mol. The lowest BCUT2D eigenvalue weighted by atomic mass is 10.5. The fourth-order valence-electron chi connectivity index (χ4n) is 0.839. The number of ether oxygens (including phenoxy) is 2. The zero-order valence-electron chi connectivity index (χ0n) is 8.51. The summed E-state index contributed by atoms with van der Waals surface area (Å²) in [6.07, 6.45) is 0.509. The van der Waals surface area contributed by atoms with Crippen LogP contribution < -0.4 is 15.2 Å². The molecule has 0 amide bonds. The van der Waals surface area contributed by atoms with Crippen LogP contribution in [0.2, 0.25) is 0 Å². The molecule has 84 valence electrons. The summed E-state index contributed by atoms with van der Waals surface area (Å²) >= 11 is 0. The first-order valence-corrected chi connectivity index (χ1v) is 4.64. The second-order valence-corrected chi connectivity index (χ2v) is 2.62. The van der Waals surface area contributed by atoms with Gasteiger partial charge in [0.1, 0.15) is 0 Å². The van der Waals surface area contributed by atoms with Crippen molar-refractivity contribution in [2.24, 2.45) is 0 Å². The van der Waals surface area contributed by atoms with Crippen molar-refractivity contribution in [2.75, 3.05) is 25.6 Å². The smallest absolute Gasteiger partial charge is 0.324 e. The summed E-state index contributed by atoms with van der Waals surface area (Å²) in [6, 6.07) is 0.253. The Hall–Kier alpha value is -1.63. The molecule has 0 radical (unpaired) electrons. The lowest BCUT2D eigenvalue weighted by Gasteiger charge is -2.05. The Morgan fingerprint density at radius 2 is 1.87 bits per heavy atom. The van der Waals surface area contributed by atoms with E-state index in [1.54, 1.807) is 0 Å². The van der Waals surface area contributed by atoms with Crippen molar-refractivity contribution in [1.82, 2.24) is 15.0 Å². The maximum atomic E-state index is 8.56. The molecule has 0 fully saturated rings. The maximum absolute atomic E-state index is 8.56. The van der Waals surface area contributed by atoms with Gasteiger partial charge in [-0.05, 0) is 6.92 Å². The zero-order valence-corrected chi connectivity index (χ0v) is 8.51. The third-order valence-electron chi connectivity index (χ3n) is 1.42. The number of hydrogen-bond donors (Lipinski definition) is 2. The molecule has 0 aliphatic carbocycles. The summed E-state index contributed by atoms with van der Waals surface area (Å²) in [7, 11) is 0. The van der Waals surface area contributed by atoms with E-state index < -0.39 is 0 Å². The van der Waals surface area contributed by atoms with Crippen molar-refractivity contribution in [3.63, 3.8) is 0 Å². The van der Waals surface area contributed by atoms with Crippen LogP contribution in [0.1, 0.15) is 13.3 Å². The van der Waals surface area contributed by atoms with E-state index in [4.69, 9.17) is 20.3 Å². The first kappa shape index (κ1) is 11.4. The summed E-state index contributed by atoms with van der Waals surface area (Å²) in [6.45, 7) is 2.64. The van der Waals surface area contributed by atoms with Gasteiger partial charge < -0.3 is 20.3 Å². The molecule has 15 heavy (non-hydrogen) atoms. The lowest BCUT2D eigenvalue weighted by molar-refractivity contribution is 0.220. The molecule has 1 aromatic heterocycles. The molecule has 0 unspecified atom stereocenters. The van der Waals surface area contributed by atoms with E-state index in [0.29, 0.717) is 19.6 Å². The van der Waals surface area contributed by atoms with Crippen molar-refractivity contribution in [3.05, 3.63) is 0 Å². The van der Waals surface area contributed by atoms with Crippen LogP contribution in [-0.2, 0) is 0 Å². The van der Waals surface area contributed by atoms with Crippen LogP contribution in [0.5, 0.6) is 12.0 Å². The van der Waals surface area contributed by atoms with E-state index in [1.165, 1.54) is 0 Å². The predicted octanol–water partition coefficient (Wildman–Crippen LogP) is -0.386. The number of rotatable bonds is 6. The van der Waals surface area contributed by atoms with Gasteiger partial charge >= 0.3 is 12.0 Å². The quantitative estimate of drug-likeness (QED) is 0.621. The highest BCUT2D eigenvalue weighted by Crippen LogP contribution is 2.10. The van der Waals surface area contributed by atoms with Crippen LogP contribution >= 0.6 is 0 Å². The largest absolute Gasteiger partial charge is 0.464 e. The molecule has 1 aromatic rings. The van der Waals surface area contributed by atoms with Crippen molar-refractivity contribution in [1.29, 1.82) is 0 Å². The van der Waals surface area contributed by atoms with Gasteiger partial charge in [-0.15, -0.1) is 4.98 Å². The monoisotopic (exact) mass is 214 g/mol. The van der Waals surface area contributed by atoms with Gasteiger partial charge in [-0.1, -0.05) is 0 Å². The highest BCUT2D eigenvalue weighted by atomic mass is 16.5. The molecule has 0 spiro atoms. The summed E-state index contributed by atoms with van der Waals surface area (Å²) in [5.41, 5.74) is 5.42. The van der Waals surface area contributed by atoms with Crippen molar-refractivity contribution < 1.29 is 14.6 Å². The van der Waals surface area contributed by atoms with Gasteiger partial charge in [-0.25, -0.2) is 0 Å². The molecule has 0 aromatic carbocycles. The lowest BCUT2D eigenvalue weighted by Crippen LogP contribution is -2.08. The summed E-state index contributed by atoms with van der Waals surface area (Å²) in [4.78, 5) is 11.4. The Labute approximate surface area is 87.3 Å². The van der Waals surface area contributed by atoms with Crippen LogP contribution in [0, 0.1) is 0 Å². The van der Waals surface area contributed by atoms with Gasteiger partial charge in [0.25, 0.3) is 0 Å². The number of anilines is 1. The average Bonchev–Trinajstić information content (AvgIpc) is 2.18. The minimum absolute atomic E-state index is 0.0486. The molecule has 0 bridgehead atoms. The topological polar surface area (TPSA) is 103 Å². The highest BCUT2D eigenvalue weighted by molar-refractivity contribution is 5.20. The maximum Gasteiger partial charge on any atom is 0.324 e. The fraction of sp³-hybridized carbons (Fsp3) is 0.625. The van der Waals surface area contributed by atoms with E-state index in [0.717, 1.165) is 0 Å². The Morgan fingerprint density at radius 3 is 2.47 bits per heavy atom. The number of aliphatic hydroxyl groups is 1. The van der Waals surface area contributed by atoms with Gasteiger partial charge in [-0.3, -0.25) is 0 Å². The van der Waals surface area contributed by atoms with E-state index in [1.807, 2.05) is 6.92 Å². The van der Waals surface area contributed by atoms with Crippen LogP contribution in [-0.4, -0.2) is 39.9 Å². The molecule has 7 heteroatoms. The molecule has 0 aliphatic heterocycles. The van der Waals surface area contributed by atoms with Gasteiger partial charge in [0.05, 0.1) is 13.2 Å². The second kappa shape index (κ2) is 5.97. The van der Waals surface area contributed by atoms with Crippen LogP contribution in [0.25, 0.3) is 0 Å². The van der Waals surface area contributed by atoms with Crippen LogP contribution in [0.4, 0.5) is 5.95 Å². The Bertz CT molecular complexity index is 308. The molecule has 0 saturated carbocycles. The number of nitrogen functional groups attached to an aromatic ring is 1. The van der Waals surface area contributed by atoms with Gasteiger partial charge in [0, 0.05) is 13.0 Å². The standard InChI is InChI=1S/C8H14N4O3/c1-2-14-7-10-6(9)11-8(12-7)15-5-3-4-13/h13H,2-5H2,1H3,(H2,9,10,11,12). The summed E-state index contributed by atoms with van der Waals surface area (Å²) in [5.74, 6) is 0.0486. The van der Waals surface area contributed by atoms with E-state index in [2.05, 4.69) is 15.0 Å². The molecule has 3 N–H and O–H groups in total. The fourth-order valence-corrected chi connectivity index (χ4v) is 0.839. The SMILES string of the molecule is CCOc1nc(N)nc(OCCCO)n1. The molecule has 1 heterocycles. The molecule has 1 rings (SSSR count). The van der Waals surface area contributed by atoms with Gasteiger partial charge in [0.2, 0.25) is 5.95 Å². The Morgan fingerprint density at radius 1 is 1.20 bits per heavy atom. The summed E-state index contributed by atoms with van der Waals surface area (Å²) < 4.78 is 10.2. The number of nitrogens with two attached hydrogens (primary N) is 1. The minimum Gasteiger partial charge on any atom is -0.464 e. The highest BCUT2D eigenvalue weighted by Gasteiger charge is 2.05. The third kappa shape index (κ3) is 3.94. The molecule has 0 saturated heterocycles. The van der Waals surface area contributed by atoms with Crippen molar-refractivity contribution in [2.45, 2.75) is 13.3 Å². The molecule has 0 atom stereocenters. The Kier molecular flexibility index (Phi) is 4.55. The number of aromatic nitrogens is 3. The first-order chi connectivity index (χ1) is 7.26.